The molecule has 29 heavy (non-hydrogen) atoms. The number of amides is 1. The topological polar surface area (TPSA) is 107 Å². The number of carbonyl (C=O) groups excluding carboxylic acids is 1. The second-order valence-corrected chi connectivity index (χ2v) is 11.4. The van der Waals surface area contributed by atoms with Crippen LogP contribution in [0.15, 0.2) is 30.3 Å². The zero-order valence-electron chi connectivity index (χ0n) is 15.5. The lowest BCUT2D eigenvalue weighted by Gasteiger charge is -2.36. The lowest BCUT2D eigenvalue weighted by molar-refractivity contribution is -0.916. The van der Waals surface area contributed by atoms with Crippen molar-refractivity contribution in [3.05, 3.63) is 40.2 Å². The maximum atomic E-state index is 12.9. The summed E-state index contributed by atoms with van der Waals surface area (Å²) in [6.07, 6.45) is 0. The van der Waals surface area contributed by atoms with Gasteiger partial charge in [-0.3, -0.25) is 14.6 Å². The molecule has 1 aliphatic heterocycles. The van der Waals surface area contributed by atoms with Crippen LogP contribution in [0.4, 0.5) is 11.4 Å². The molecule has 1 saturated heterocycles. The average Bonchev–Trinajstić information content (AvgIpc) is 3.14. The Morgan fingerprint density at radius 3 is 2.55 bits per heavy atom. The number of nitrogens with one attached hydrogen (secondary N) is 2. The second-order valence-electron chi connectivity index (χ2n) is 6.48. The lowest BCUT2D eigenvalue weighted by atomic mass is 10.1. The van der Waals surface area contributed by atoms with Gasteiger partial charge >= 0.3 is 0 Å². The SMILES string of the molecule is CP(=O)(ON1CCN(c2ccc([NH+](O)P)cc2C(=O)NO)CC1)c1ccc(Cl)s1. The van der Waals surface area contributed by atoms with Crippen LogP contribution in [0.25, 0.3) is 0 Å². The van der Waals surface area contributed by atoms with Crippen LogP contribution in [0.1, 0.15) is 10.4 Å². The van der Waals surface area contributed by atoms with Crippen molar-refractivity contribution in [2.24, 2.45) is 0 Å². The molecule has 0 saturated carbocycles. The van der Waals surface area contributed by atoms with E-state index < -0.39 is 13.3 Å². The van der Waals surface area contributed by atoms with Crippen molar-refractivity contribution in [2.45, 2.75) is 0 Å². The van der Waals surface area contributed by atoms with Crippen LogP contribution in [0.2, 0.25) is 4.34 Å². The zero-order chi connectivity index (χ0) is 21.2. The Labute approximate surface area is 179 Å². The number of thiophene rings is 1. The normalized spacial score (nSPS) is 18.3. The molecule has 2 aromatic rings. The maximum absolute atomic E-state index is 12.9. The smallest absolute Gasteiger partial charge is 0.276 e. The number of rotatable bonds is 6. The predicted molar refractivity (Wildman–Crippen MR) is 115 cm³/mol. The number of hydrogen-bond donors (Lipinski definition) is 4. The molecule has 1 amide bonds. The number of hydroxylamine groups is 3. The third-order valence-electron chi connectivity index (χ3n) is 4.45. The first-order chi connectivity index (χ1) is 13.7. The van der Waals surface area contributed by atoms with Crippen LogP contribution in [-0.2, 0) is 9.19 Å². The fourth-order valence-electron chi connectivity index (χ4n) is 3.01. The number of halogens is 1. The lowest BCUT2D eigenvalue weighted by Crippen LogP contribution is -2.93. The number of anilines is 1. The Balaban J connectivity index is 1.70. The molecule has 0 aliphatic carbocycles. The van der Waals surface area contributed by atoms with Gasteiger partial charge in [-0.1, -0.05) is 11.6 Å². The Kier molecular flexibility index (Phi) is 7.32. The summed E-state index contributed by atoms with van der Waals surface area (Å²) in [6.45, 7) is 3.55. The van der Waals surface area contributed by atoms with Gasteiger partial charge in [0.05, 0.1) is 20.2 Å². The number of benzene rings is 1. The highest BCUT2D eigenvalue weighted by Crippen LogP contribution is 2.45. The van der Waals surface area contributed by atoms with Gasteiger partial charge in [-0.2, -0.15) is 9.90 Å². The molecule has 1 aromatic carbocycles. The highest BCUT2D eigenvalue weighted by atomic mass is 35.5. The van der Waals surface area contributed by atoms with E-state index in [1.54, 1.807) is 41.5 Å². The van der Waals surface area contributed by atoms with Crippen LogP contribution in [0.3, 0.4) is 0 Å². The highest BCUT2D eigenvalue weighted by Gasteiger charge is 2.29. The highest BCUT2D eigenvalue weighted by molar-refractivity contribution is 7.72. The Bertz CT molecular complexity index is 936. The third kappa shape index (κ3) is 5.35. The van der Waals surface area contributed by atoms with Crippen molar-refractivity contribution in [1.29, 1.82) is 0 Å². The molecule has 3 atom stereocenters. The van der Waals surface area contributed by atoms with E-state index in [1.807, 2.05) is 4.90 Å². The molecular formula is C16H22ClN4O5P2S+. The first-order valence-corrected chi connectivity index (χ1v) is 12.5. The zero-order valence-corrected chi connectivity index (χ0v) is 19.2. The summed E-state index contributed by atoms with van der Waals surface area (Å²) in [5.41, 5.74) is 2.96. The molecule has 1 aliphatic rings. The Morgan fingerprint density at radius 1 is 1.31 bits per heavy atom. The van der Waals surface area contributed by atoms with E-state index in [0.717, 1.165) is 0 Å². The Hall–Kier alpha value is -1.06. The van der Waals surface area contributed by atoms with Gasteiger partial charge in [0.15, 0.2) is 5.69 Å². The molecule has 0 bridgehead atoms. The van der Waals surface area contributed by atoms with Gasteiger partial charge in [0.2, 0.25) is 0 Å². The maximum Gasteiger partial charge on any atom is 0.276 e. The minimum Gasteiger partial charge on any atom is -0.368 e. The van der Waals surface area contributed by atoms with Crippen LogP contribution in [0.5, 0.6) is 0 Å². The summed E-state index contributed by atoms with van der Waals surface area (Å²) in [4.78, 5) is 14.1. The van der Waals surface area contributed by atoms with Crippen molar-refractivity contribution >= 4 is 61.6 Å². The average molecular weight is 480 g/mol. The van der Waals surface area contributed by atoms with Gasteiger partial charge in [0.25, 0.3) is 13.3 Å². The number of nitrogens with zero attached hydrogens (tertiary/aromatic N) is 2. The van der Waals surface area contributed by atoms with Crippen LogP contribution < -0.4 is 19.8 Å². The van der Waals surface area contributed by atoms with Crippen molar-refractivity contribution in [2.75, 3.05) is 37.7 Å². The van der Waals surface area contributed by atoms with Crippen LogP contribution in [0, 0.1) is 0 Å². The van der Waals surface area contributed by atoms with Gasteiger partial charge in [0, 0.05) is 45.0 Å². The van der Waals surface area contributed by atoms with E-state index in [9.17, 15) is 14.6 Å². The molecule has 158 valence electrons. The summed E-state index contributed by atoms with van der Waals surface area (Å²) in [6, 6.07) is 8.32. The standard InChI is InChI=1S/C16H21ClN4O5P2S/c1-28(25,15-5-4-14(17)29-15)26-20-8-6-19(7-9-20)13-3-2-11(21(24)27)10-12(13)16(22)18-23/h2-5,10,23-24H,6-9,27H2,1H3,(H,18,22)/p+1. The summed E-state index contributed by atoms with van der Waals surface area (Å²) < 4.78 is 19.8. The summed E-state index contributed by atoms with van der Waals surface area (Å²) in [5, 5.41) is 20.4. The molecule has 2 heterocycles. The summed E-state index contributed by atoms with van der Waals surface area (Å²) in [7, 11) is -0.853. The number of carbonyl (C=O) groups is 1. The number of quaternary nitrogens is 1. The van der Waals surface area contributed by atoms with E-state index in [-0.39, 0.29) is 10.4 Å². The molecule has 3 rings (SSSR count). The van der Waals surface area contributed by atoms with E-state index >= 15 is 0 Å². The van der Waals surface area contributed by atoms with Gasteiger partial charge in [0.1, 0.15) is 9.39 Å². The largest absolute Gasteiger partial charge is 0.368 e. The first kappa shape index (κ1) is 22.6. The third-order valence-corrected chi connectivity index (χ3v) is 8.58. The fraction of sp³-hybridized carbons (Fsp3) is 0.312. The van der Waals surface area contributed by atoms with E-state index in [0.29, 0.717) is 46.5 Å². The van der Waals surface area contributed by atoms with Gasteiger partial charge in [-0.15, -0.1) is 11.3 Å². The van der Waals surface area contributed by atoms with Crippen molar-refractivity contribution in [1.82, 2.24) is 10.5 Å². The fourth-order valence-corrected chi connectivity index (χ4v) is 6.22. The predicted octanol–water partition coefficient (Wildman–Crippen LogP) is 1.50. The van der Waals surface area contributed by atoms with Gasteiger partial charge in [-0.25, -0.2) is 15.3 Å². The molecular weight excluding hydrogens is 458 g/mol. The van der Waals surface area contributed by atoms with E-state index in [4.69, 9.17) is 21.4 Å². The Morgan fingerprint density at radius 2 is 2.00 bits per heavy atom. The van der Waals surface area contributed by atoms with Crippen LogP contribution >= 0.6 is 39.7 Å². The molecule has 0 radical (unpaired) electrons. The quantitative estimate of drug-likeness (QED) is 0.283. The second kappa shape index (κ2) is 9.39. The van der Waals surface area contributed by atoms with E-state index in [2.05, 4.69) is 9.39 Å². The van der Waals surface area contributed by atoms with Gasteiger partial charge < -0.3 is 4.90 Å². The molecule has 1 aromatic heterocycles. The molecule has 13 heteroatoms. The number of hydrogen-bond acceptors (Lipinski definition) is 8. The first-order valence-electron chi connectivity index (χ1n) is 8.64. The minimum absolute atomic E-state index is 0.00543. The van der Waals surface area contributed by atoms with Crippen molar-refractivity contribution < 1.29 is 29.2 Å². The number of piperazine rings is 1. The molecule has 9 nitrogen and oxygen atoms in total. The van der Waals surface area contributed by atoms with Crippen LogP contribution in [-0.4, -0.2) is 54.2 Å². The minimum atomic E-state index is -3.02. The monoisotopic (exact) mass is 479 g/mol. The van der Waals surface area contributed by atoms with E-state index in [1.165, 1.54) is 17.4 Å². The summed E-state index contributed by atoms with van der Waals surface area (Å²) >= 11 is 7.17. The molecule has 0 spiro atoms. The summed E-state index contributed by atoms with van der Waals surface area (Å²) in [5.74, 6) is -0.667. The van der Waals surface area contributed by atoms with Crippen molar-refractivity contribution in [3.8, 4) is 0 Å². The van der Waals surface area contributed by atoms with Crippen molar-refractivity contribution in [3.63, 3.8) is 0 Å². The molecule has 3 unspecified atom stereocenters. The van der Waals surface area contributed by atoms with Gasteiger partial charge in [-0.05, 0) is 18.2 Å². The molecule has 1 fully saturated rings. The molecule has 4 N–H and O–H groups in total.